The van der Waals surface area contributed by atoms with Crippen LogP contribution in [0.25, 0.3) is 0 Å². The molecule has 1 aliphatic heterocycles. The molecule has 0 amide bonds. The Morgan fingerprint density at radius 1 is 1.57 bits per heavy atom. The lowest BCUT2D eigenvalue weighted by atomic mass is 10.0. The van der Waals surface area contributed by atoms with Gasteiger partial charge < -0.3 is 19.9 Å². The van der Waals surface area contributed by atoms with Crippen LogP contribution in [0.4, 0.5) is 0 Å². The summed E-state index contributed by atoms with van der Waals surface area (Å²) in [4.78, 5) is 0. The average molecular weight is 203 g/mol. The highest BCUT2D eigenvalue weighted by molar-refractivity contribution is 4.86. The number of rotatable bonds is 5. The quantitative estimate of drug-likeness (QED) is 0.668. The van der Waals surface area contributed by atoms with Gasteiger partial charge in [-0.25, -0.2) is 0 Å². The van der Waals surface area contributed by atoms with Gasteiger partial charge in [-0.05, 0) is 13.8 Å². The van der Waals surface area contributed by atoms with Gasteiger partial charge >= 0.3 is 0 Å². The summed E-state index contributed by atoms with van der Waals surface area (Å²) in [6.07, 6.45) is 0.870. The molecule has 0 saturated carbocycles. The third kappa shape index (κ3) is 3.20. The minimum absolute atomic E-state index is 0.154. The Kier molecular flexibility index (Phi) is 4.31. The summed E-state index contributed by atoms with van der Waals surface area (Å²) in [5.74, 6) is 0. The van der Waals surface area contributed by atoms with E-state index < -0.39 is 5.60 Å². The lowest BCUT2D eigenvalue weighted by Gasteiger charge is -2.26. The highest BCUT2D eigenvalue weighted by Crippen LogP contribution is 2.17. The monoisotopic (exact) mass is 203 g/mol. The third-order valence-corrected chi connectivity index (χ3v) is 2.91. The van der Waals surface area contributed by atoms with Crippen LogP contribution in [0.1, 0.15) is 20.3 Å². The molecular weight excluding hydrogens is 182 g/mol. The maximum Gasteiger partial charge on any atom is 0.103 e. The van der Waals surface area contributed by atoms with E-state index in [1.165, 1.54) is 0 Å². The molecular formula is C10H21NO3. The first kappa shape index (κ1) is 11.9. The molecule has 1 aliphatic rings. The average Bonchev–Trinajstić information content (AvgIpc) is 2.61. The van der Waals surface area contributed by atoms with Crippen LogP contribution in [0.3, 0.4) is 0 Å². The van der Waals surface area contributed by atoms with Crippen molar-refractivity contribution in [1.29, 1.82) is 0 Å². The summed E-state index contributed by atoms with van der Waals surface area (Å²) >= 11 is 0. The molecule has 14 heavy (non-hydrogen) atoms. The summed E-state index contributed by atoms with van der Waals surface area (Å²) in [7, 11) is 1.69. The van der Waals surface area contributed by atoms with Crippen molar-refractivity contribution in [3.8, 4) is 0 Å². The first-order valence-corrected chi connectivity index (χ1v) is 5.14. The van der Waals surface area contributed by atoms with Crippen molar-refractivity contribution >= 4 is 0 Å². The minimum Gasteiger partial charge on any atom is -0.386 e. The molecule has 1 fully saturated rings. The molecule has 0 spiro atoms. The third-order valence-electron chi connectivity index (χ3n) is 2.91. The van der Waals surface area contributed by atoms with E-state index in [0.717, 1.165) is 0 Å². The van der Waals surface area contributed by atoms with Crippen molar-refractivity contribution in [2.75, 3.05) is 26.9 Å². The second-order valence-corrected chi connectivity index (χ2v) is 4.14. The van der Waals surface area contributed by atoms with Crippen LogP contribution in [0, 0.1) is 0 Å². The Balaban J connectivity index is 2.25. The van der Waals surface area contributed by atoms with Gasteiger partial charge in [0, 0.05) is 32.7 Å². The van der Waals surface area contributed by atoms with Crippen molar-refractivity contribution in [3.05, 3.63) is 0 Å². The van der Waals surface area contributed by atoms with Crippen molar-refractivity contribution in [2.45, 2.75) is 38.0 Å². The molecule has 1 saturated heterocycles. The molecule has 2 N–H and O–H groups in total. The summed E-state index contributed by atoms with van der Waals surface area (Å²) in [6, 6.07) is 0.240. The van der Waals surface area contributed by atoms with Gasteiger partial charge in [-0.3, -0.25) is 0 Å². The molecule has 0 aromatic heterocycles. The maximum absolute atomic E-state index is 9.97. The number of nitrogens with one attached hydrogen (secondary N) is 1. The Hall–Kier alpha value is -0.160. The van der Waals surface area contributed by atoms with Crippen LogP contribution in [0.2, 0.25) is 0 Å². The Labute approximate surface area is 85.6 Å². The zero-order valence-electron chi connectivity index (χ0n) is 9.25. The van der Waals surface area contributed by atoms with Gasteiger partial charge in [-0.1, -0.05) is 0 Å². The summed E-state index contributed by atoms with van der Waals surface area (Å²) < 4.78 is 10.3. The van der Waals surface area contributed by atoms with Crippen LogP contribution < -0.4 is 5.32 Å². The summed E-state index contributed by atoms with van der Waals surface area (Å²) in [5, 5.41) is 13.2. The van der Waals surface area contributed by atoms with Gasteiger partial charge in [0.2, 0.25) is 0 Å². The van der Waals surface area contributed by atoms with Crippen LogP contribution in [-0.4, -0.2) is 49.7 Å². The number of hydrogen-bond acceptors (Lipinski definition) is 4. The lowest BCUT2D eigenvalue weighted by molar-refractivity contribution is 0.0169. The first-order chi connectivity index (χ1) is 6.57. The molecule has 0 aliphatic carbocycles. The van der Waals surface area contributed by atoms with Crippen LogP contribution in [0.15, 0.2) is 0 Å². The summed E-state index contributed by atoms with van der Waals surface area (Å²) in [6.45, 7) is 5.72. The van der Waals surface area contributed by atoms with E-state index in [0.29, 0.717) is 26.2 Å². The Bertz CT molecular complexity index is 169. The molecule has 1 rings (SSSR count). The second-order valence-electron chi connectivity index (χ2n) is 4.14. The molecule has 3 unspecified atom stereocenters. The molecule has 0 bridgehead atoms. The number of methoxy groups -OCH3 is 1. The van der Waals surface area contributed by atoms with Gasteiger partial charge in [0.1, 0.15) is 5.60 Å². The van der Waals surface area contributed by atoms with E-state index in [1.54, 1.807) is 7.11 Å². The lowest BCUT2D eigenvalue weighted by Crippen LogP contribution is -2.47. The van der Waals surface area contributed by atoms with Crippen molar-refractivity contribution in [1.82, 2.24) is 5.32 Å². The fraction of sp³-hybridized carbons (Fsp3) is 1.00. The highest BCUT2D eigenvalue weighted by atomic mass is 16.5. The molecule has 4 heteroatoms. The first-order valence-electron chi connectivity index (χ1n) is 5.14. The smallest absolute Gasteiger partial charge is 0.103 e. The van der Waals surface area contributed by atoms with E-state index >= 15 is 0 Å². The number of hydrogen-bond donors (Lipinski definition) is 2. The zero-order chi connectivity index (χ0) is 10.6. The fourth-order valence-electron chi connectivity index (χ4n) is 1.46. The molecule has 0 aromatic carbocycles. The Morgan fingerprint density at radius 2 is 2.29 bits per heavy atom. The van der Waals surface area contributed by atoms with Gasteiger partial charge in [0.25, 0.3) is 0 Å². The zero-order valence-corrected chi connectivity index (χ0v) is 9.25. The van der Waals surface area contributed by atoms with Crippen molar-refractivity contribution < 1.29 is 14.6 Å². The minimum atomic E-state index is -0.679. The van der Waals surface area contributed by atoms with E-state index in [-0.39, 0.29) is 12.1 Å². The van der Waals surface area contributed by atoms with Crippen LogP contribution in [-0.2, 0) is 9.47 Å². The van der Waals surface area contributed by atoms with E-state index in [1.807, 2.05) is 13.8 Å². The molecule has 0 aromatic rings. The predicted octanol–water partition coefficient (Wildman–Crippen LogP) is 0.151. The highest BCUT2D eigenvalue weighted by Gasteiger charge is 2.32. The molecule has 84 valence electrons. The molecule has 4 nitrogen and oxygen atoms in total. The van der Waals surface area contributed by atoms with E-state index in [2.05, 4.69) is 5.32 Å². The van der Waals surface area contributed by atoms with Gasteiger partial charge in [0.15, 0.2) is 0 Å². The number of ether oxygens (including phenoxy) is 2. The molecule has 1 heterocycles. The molecule has 0 radical (unpaired) electrons. The maximum atomic E-state index is 9.97. The summed E-state index contributed by atoms with van der Waals surface area (Å²) in [5.41, 5.74) is -0.679. The van der Waals surface area contributed by atoms with Gasteiger partial charge in [-0.15, -0.1) is 0 Å². The standard InChI is InChI=1S/C10H21NO3/c1-8(9(2)13-3)11-6-10(12)4-5-14-7-10/h8-9,11-12H,4-7H2,1-3H3. The van der Waals surface area contributed by atoms with Gasteiger partial charge in [-0.2, -0.15) is 0 Å². The largest absolute Gasteiger partial charge is 0.386 e. The van der Waals surface area contributed by atoms with Crippen molar-refractivity contribution in [3.63, 3.8) is 0 Å². The van der Waals surface area contributed by atoms with Gasteiger partial charge in [0.05, 0.1) is 12.7 Å². The molecule has 3 atom stereocenters. The second kappa shape index (κ2) is 5.07. The van der Waals surface area contributed by atoms with E-state index in [4.69, 9.17) is 9.47 Å². The number of aliphatic hydroxyl groups is 1. The van der Waals surface area contributed by atoms with Crippen molar-refractivity contribution in [2.24, 2.45) is 0 Å². The Morgan fingerprint density at radius 3 is 2.79 bits per heavy atom. The van der Waals surface area contributed by atoms with Crippen LogP contribution >= 0.6 is 0 Å². The van der Waals surface area contributed by atoms with Crippen LogP contribution in [0.5, 0.6) is 0 Å². The normalized spacial score (nSPS) is 31.7. The predicted molar refractivity (Wildman–Crippen MR) is 54.3 cm³/mol. The SMILES string of the molecule is COC(C)C(C)NCC1(O)CCOC1. The topological polar surface area (TPSA) is 50.7 Å². The van der Waals surface area contributed by atoms with E-state index in [9.17, 15) is 5.11 Å². The fourth-order valence-corrected chi connectivity index (χ4v) is 1.46.